The first kappa shape index (κ1) is 12.1. The van der Waals surface area contributed by atoms with E-state index in [2.05, 4.69) is 27.2 Å². The minimum Gasteiger partial charge on any atom is -0.396 e. The topological polar surface area (TPSA) is 87.3 Å². The zero-order chi connectivity index (χ0) is 12.3. The van der Waals surface area contributed by atoms with Crippen LogP contribution in [0.15, 0.2) is 6.33 Å². The number of nitrogen functional groups attached to an aromatic ring is 1. The van der Waals surface area contributed by atoms with Crippen molar-refractivity contribution in [1.29, 1.82) is 0 Å². The predicted molar refractivity (Wildman–Crippen MR) is 66.6 cm³/mol. The molecule has 1 aliphatic rings. The molecule has 1 aromatic rings. The average molecular weight is 237 g/mol. The normalized spacial score (nSPS) is 19.7. The Balaban J connectivity index is 2.26. The van der Waals surface area contributed by atoms with Crippen molar-refractivity contribution >= 4 is 11.6 Å². The van der Waals surface area contributed by atoms with Gasteiger partial charge in [0.15, 0.2) is 0 Å². The van der Waals surface area contributed by atoms with Gasteiger partial charge < -0.3 is 15.4 Å². The van der Waals surface area contributed by atoms with Crippen LogP contribution < -0.4 is 16.2 Å². The number of hydrazine groups is 1. The van der Waals surface area contributed by atoms with Crippen LogP contribution in [0.3, 0.4) is 0 Å². The average Bonchev–Trinajstić information content (AvgIpc) is 2.86. The Morgan fingerprint density at radius 1 is 1.59 bits per heavy atom. The Hall–Kier alpha value is -1.40. The van der Waals surface area contributed by atoms with Gasteiger partial charge in [0.1, 0.15) is 18.0 Å². The smallest absolute Gasteiger partial charge is 0.148 e. The Labute approximate surface area is 101 Å². The molecule has 1 atom stereocenters. The highest BCUT2D eigenvalue weighted by molar-refractivity contribution is 5.58. The van der Waals surface area contributed by atoms with E-state index in [1.807, 2.05) is 0 Å². The highest BCUT2D eigenvalue weighted by Crippen LogP contribution is 2.28. The lowest BCUT2D eigenvalue weighted by atomic mass is 10.1. The quantitative estimate of drug-likeness (QED) is 0.510. The number of aliphatic hydroxyl groups excluding tert-OH is 1. The van der Waals surface area contributed by atoms with Crippen molar-refractivity contribution in [3.63, 3.8) is 0 Å². The summed E-state index contributed by atoms with van der Waals surface area (Å²) in [7, 11) is 0. The molecule has 0 saturated carbocycles. The Kier molecular flexibility index (Phi) is 3.75. The van der Waals surface area contributed by atoms with Crippen LogP contribution >= 0.6 is 0 Å². The molecule has 0 aliphatic carbocycles. The van der Waals surface area contributed by atoms with E-state index in [-0.39, 0.29) is 6.61 Å². The molecule has 6 nitrogen and oxygen atoms in total. The summed E-state index contributed by atoms with van der Waals surface area (Å²) >= 11 is 0. The minimum atomic E-state index is 0.241. The van der Waals surface area contributed by atoms with Crippen molar-refractivity contribution in [2.45, 2.75) is 19.8 Å². The fraction of sp³-hybridized carbons (Fsp3) is 0.636. The molecule has 0 radical (unpaired) electrons. The Bertz CT molecular complexity index is 384. The van der Waals surface area contributed by atoms with Crippen molar-refractivity contribution in [2.24, 2.45) is 11.8 Å². The monoisotopic (exact) mass is 237 g/mol. The molecule has 2 heterocycles. The molecule has 0 aromatic carbocycles. The third-order valence-electron chi connectivity index (χ3n) is 3.26. The number of nitrogens with two attached hydrogens (primary N) is 1. The number of hydrogen-bond acceptors (Lipinski definition) is 6. The molecule has 0 amide bonds. The SMILES string of the molecule is CCc1c(NN)ncnc1N1CCC(CO)C1. The van der Waals surface area contributed by atoms with Crippen LogP contribution in [0, 0.1) is 5.92 Å². The number of aromatic nitrogens is 2. The molecular weight excluding hydrogens is 218 g/mol. The number of aliphatic hydroxyl groups is 1. The fourth-order valence-corrected chi connectivity index (χ4v) is 2.30. The second-order valence-electron chi connectivity index (χ2n) is 4.31. The van der Waals surface area contributed by atoms with E-state index in [0.29, 0.717) is 11.7 Å². The first-order chi connectivity index (χ1) is 8.30. The van der Waals surface area contributed by atoms with E-state index < -0.39 is 0 Å². The van der Waals surface area contributed by atoms with E-state index >= 15 is 0 Å². The van der Waals surface area contributed by atoms with Gasteiger partial charge in [-0.1, -0.05) is 6.92 Å². The van der Waals surface area contributed by atoms with E-state index in [1.165, 1.54) is 6.33 Å². The van der Waals surface area contributed by atoms with Crippen LogP contribution in [0.4, 0.5) is 11.6 Å². The van der Waals surface area contributed by atoms with Crippen molar-refractivity contribution in [3.8, 4) is 0 Å². The van der Waals surface area contributed by atoms with Crippen LogP contribution in [0.5, 0.6) is 0 Å². The van der Waals surface area contributed by atoms with E-state index in [9.17, 15) is 0 Å². The summed E-state index contributed by atoms with van der Waals surface area (Å²) in [4.78, 5) is 10.7. The summed E-state index contributed by atoms with van der Waals surface area (Å²) in [6.07, 6.45) is 3.36. The second-order valence-corrected chi connectivity index (χ2v) is 4.31. The maximum Gasteiger partial charge on any atom is 0.148 e. The zero-order valence-electron chi connectivity index (χ0n) is 10.1. The highest BCUT2D eigenvalue weighted by atomic mass is 16.3. The van der Waals surface area contributed by atoms with Gasteiger partial charge in [-0.15, -0.1) is 0 Å². The van der Waals surface area contributed by atoms with Crippen molar-refractivity contribution in [2.75, 3.05) is 30.0 Å². The predicted octanol–water partition coefficient (Wildman–Crippen LogP) is 0.143. The van der Waals surface area contributed by atoms with Crippen LogP contribution in [0.1, 0.15) is 18.9 Å². The van der Waals surface area contributed by atoms with Gasteiger partial charge in [-0.25, -0.2) is 15.8 Å². The maximum atomic E-state index is 9.17. The first-order valence-corrected chi connectivity index (χ1v) is 5.96. The lowest BCUT2D eigenvalue weighted by molar-refractivity contribution is 0.238. The van der Waals surface area contributed by atoms with Gasteiger partial charge >= 0.3 is 0 Å². The Morgan fingerprint density at radius 3 is 3.00 bits per heavy atom. The molecule has 1 saturated heterocycles. The minimum absolute atomic E-state index is 0.241. The number of nitrogens with one attached hydrogen (secondary N) is 1. The van der Waals surface area contributed by atoms with Gasteiger partial charge in [0.25, 0.3) is 0 Å². The maximum absolute atomic E-state index is 9.17. The van der Waals surface area contributed by atoms with Gasteiger partial charge in [0, 0.05) is 31.2 Å². The van der Waals surface area contributed by atoms with Crippen LogP contribution in [0.25, 0.3) is 0 Å². The van der Waals surface area contributed by atoms with Crippen LogP contribution in [0.2, 0.25) is 0 Å². The molecule has 0 spiro atoms. The third-order valence-corrected chi connectivity index (χ3v) is 3.26. The first-order valence-electron chi connectivity index (χ1n) is 5.96. The summed E-state index contributed by atoms with van der Waals surface area (Å²) < 4.78 is 0. The molecule has 2 rings (SSSR count). The molecular formula is C11H19N5O. The standard InChI is InChI=1S/C11H19N5O/c1-2-9-10(15-12)13-7-14-11(9)16-4-3-8(5-16)6-17/h7-8,17H,2-6,12H2,1H3,(H,13,14,15). The molecule has 1 unspecified atom stereocenters. The van der Waals surface area contributed by atoms with Crippen molar-refractivity contribution in [1.82, 2.24) is 9.97 Å². The van der Waals surface area contributed by atoms with Crippen molar-refractivity contribution < 1.29 is 5.11 Å². The molecule has 94 valence electrons. The summed E-state index contributed by atoms with van der Waals surface area (Å²) in [6.45, 7) is 4.08. The Morgan fingerprint density at radius 2 is 2.41 bits per heavy atom. The number of nitrogens with zero attached hydrogens (tertiary/aromatic N) is 3. The summed E-state index contributed by atoms with van der Waals surface area (Å²) in [5.41, 5.74) is 3.64. The van der Waals surface area contributed by atoms with Gasteiger partial charge in [-0.3, -0.25) is 0 Å². The number of anilines is 2. The largest absolute Gasteiger partial charge is 0.396 e. The van der Waals surface area contributed by atoms with Gasteiger partial charge in [0.05, 0.1) is 0 Å². The van der Waals surface area contributed by atoms with Crippen molar-refractivity contribution in [3.05, 3.63) is 11.9 Å². The molecule has 0 bridgehead atoms. The summed E-state index contributed by atoms with van der Waals surface area (Å²) in [5.74, 6) is 7.42. The molecule has 4 N–H and O–H groups in total. The van der Waals surface area contributed by atoms with Gasteiger partial charge in [-0.05, 0) is 12.8 Å². The lowest BCUT2D eigenvalue weighted by Gasteiger charge is -2.21. The molecule has 1 fully saturated rings. The van der Waals surface area contributed by atoms with Crippen LogP contribution in [-0.4, -0.2) is 34.8 Å². The van der Waals surface area contributed by atoms with E-state index in [4.69, 9.17) is 10.9 Å². The van der Waals surface area contributed by atoms with Crippen LogP contribution in [-0.2, 0) is 6.42 Å². The van der Waals surface area contributed by atoms with E-state index in [0.717, 1.165) is 37.3 Å². The highest BCUT2D eigenvalue weighted by Gasteiger charge is 2.25. The van der Waals surface area contributed by atoms with Gasteiger partial charge in [-0.2, -0.15) is 0 Å². The summed E-state index contributed by atoms with van der Waals surface area (Å²) in [5, 5.41) is 9.17. The summed E-state index contributed by atoms with van der Waals surface area (Å²) in [6, 6.07) is 0. The zero-order valence-corrected chi connectivity index (χ0v) is 10.1. The number of hydrogen-bond donors (Lipinski definition) is 3. The van der Waals surface area contributed by atoms with Gasteiger partial charge in [0.2, 0.25) is 0 Å². The number of rotatable bonds is 4. The molecule has 17 heavy (non-hydrogen) atoms. The fourth-order valence-electron chi connectivity index (χ4n) is 2.30. The second kappa shape index (κ2) is 5.29. The third kappa shape index (κ3) is 2.32. The molecule has 6 heteroatoms. The molecule has 1 aliphatic heterocycles. The molecule has 1 aromatic heterocycles. The lowest BCUT2D eigenvalue weighted by Crippen LogP contribution is -2.24. The van der Waals surface area contributed by atoms with E-state index in [1.54, 1.807) is 0 Å².